The van der Waals surface area contributed by atoms with Gasteiger partial charge in [0.05, 0.1) is 0 Å². The smallest absolute Gasteiger partial charge is 0.251 e. The van der Waals surface area contributed by atoms with Gasteiger partial charge in [-0.1, -0.05) is 12.1 Å². The van der Waals surface area contributed by atoms with Crippen LogP contribution >= 0.6 is 11.8 Å². The fraction of sp³-hybridized carbons (Fsp3) is 0.316. The van der Waals surface area contributed by atoms with Crippen molar-refractivity contribution in [3.05, 3.63) is 53.6 Å². The van der Waals surface area contributed by atoms with Crippen LogP contribution in [0.4, 0.5) is 0 Å². The van der Waals surface area contributed by atoms with Gasteiger partial charge in [0.1, 0.15) is 18.5 Å². The normalized spacial score (nSPS) is 13.3. The number of hydrogen-bond donors (Lipinski definition) is 2. The van der Waals surface area contributed by atoms with Gasteiger partial charge in [-0.3, -0.25) is 4.79 Å². The maximum atomic E-state index is 12.1. The van der Waals surface area contributed by atoms with Crippen LogP contribution in [0.25, 0.3) is 0 Å². The van der Waals surface area contributed by atoms with Crippen LogP contribution in [0.2, 0.25) is 0 Å². The highest BCUT2D eigenvalue weighted by molar-refractivity contribution is 7.97. The van der Waals surface area contributed by atoms with Crippen molar-refractivity contribution in [2.24, 2.45) is 0 Å². The minimum atomic E-state index is -0.819. The summed E-state index contributed by atoms with van der Waals surface area (Å²) < 4.78 is 16.0. The SMILES string of the molecule is CSCc1ccc(C(=O)NCC(O)COc2ccc3c(c2)OCO3)cc1. The summed E-state index contributed by atoms with van der Waals surface area (Å²) in [6.45, 7) is 0.369. The van der Waals surface area contributed by atoms with E-state index >= 15 is 0 Å². The van der Waals surface area contributed by atoms with Gasteiger partial charge in [0.15, 0.2) is 11.5 Å². The van der Waals surface area contributed by atoms with Crippen molar-refractivity contribution in [3.63, 3.8) is 0 Å². The molecule has 0 radical (unpaired) electrons. The Morgan fingerprint density at radius 3 is 2.77 bits per heavy atom. The van der Waals surface area contributed by atoms with Crippen molar-refractivity contribution in [2.75, 3.05) is 26.2 Å². The molecular weight excluding hydrogens is 354 g/mol. The lowest BCUT2D eigenvalue weighted by Gasteiger charge is -2.13. The highest BCUT2D eigenvalue weighted by Crippen LogP contribution is 2.35. The summed E-state index contributed by atoms with van der Waals surface area (Å²) in [7, 11) is 0. The third-order valence-electron chi connectivity index (χ3n) is 3.81. The quantitative estimate of drug-likeness (QED) is 0.738. The molecule has 2 aromatic rings. The molecule has 1 amide bonds. The van der Waals surface area contributed by atoms with Crippen LogP contribution < -0.4 is 19.5 Å². The van der Waals surface area contributed by atoms with Crippen LogP contribution in [0, 0.1) is 0 Å². The van der Waals surface area contributed by atoms with Crippen molar-refractivity contribution in [1.29, 1.82) is 0 Å². The molecule has 1 heterocycles. The summed E-state index contributed by atoms with van der Waals surface area (Å²) in [5, 5.41) is 12.7. The van der Waals surface area contributed by atoms with Crippen molar-refractivity contribution >= 4 is 17.7 Å². The van der Waals surface area contributed by atoms with E-state index in [0.29, 0.717) is 22.8 Å². The number of hydrogen-bond acceptors (Lipinski definition) is 6. The third kappa shape index (κ3) is 4.83. The Morgan fingerprint density at radius 2 is 2.00 bits per heavy atom. The van der Waals surface area contributed by atoms with E-state index in [1.807, 2.05) is 18.4 Å². The Hall–Kier alpha value is -2.38. The van der Waals surface area contributed by atoms with Crippen molar-refractivity contribution in [2.45, 2.75) is 11.9 Å². The van der Waals surface area contributed by atoms with Gasteiger partial charge in [-0.05, 0) is 36.1 Å². The van der Waals surface area contributed by atoms with E-state index in [0.717, 1.165) is 5.75 Å². The van der Waals surface area contributed by atoms with Crippen LogP contribution in [0.5, 0.6) is 17.2 Å². The third-order valence-corrected chi connectivity index (χ3v) is 4.43. The lowest BCUT2D eigenvalue weighted by molar-refractivity contribution is 0.0843. The predicted octanol–water partition coefficient (Wildman–Crippen LogP) is 2.45. The molecule has 0 spiro atoms. The minimum Gasteiger partial charge on any atom is -0.491 e. The minimum absolute atomic E-state index is 0.0621. The van der Waals surface area contributed by atoms with E-state index in [2.05, 4.69) is 5.32 Å². The largest absolute Gasteiger partial charge is 0.491 e. The number of aliphatic hydroxyl groups excluding tert-OH is 1. The van der Waals surface area contributed by atoms with Gasteiger partial charge in [-0.2, -0.15) is 11.8 Å². The number of ether oxygens (including phenoxy) is 3. The molecule has 1 aliphatic heterocycles. The van der Waals surface area contributed by atoms with E-state index in [1.165, 1.54) is 5.56 Å². The fourth-order valence-corrected chi connectivity index (χ4v) is 2.98. The molecular formula is C19H21NO5S. The number of aliphatic hydroxyl groups is 1. The standard InChI is InChI=1S/C19H21NO5S/c1-26-11-13-2-4-14(5-3-13)19(22)20-9-15(21)10-23-16-6-7-17-18(8-16)25-12-24-17/h2-8,15,21H,9-12H2,1H3,(H,20,22). The first-order valence-corrected chi connectivity index (χ1v) is 9.61. The molecule has 2 aromatic carbocycles. The van der Waals surface area contributed by atoms with Gasteiger partial charge >= 0.3 is 0 Å². The monoisotopic (exact) mass is 375 g/mol. The number of carbonyl (C=O) groups excluding carboxylic acids is 1. The molecule has 0 saturated carbocycles. The highest BCUT2D eigenvalue weighted by Gasteiger charge is 2.15. The molecule has 3 rings (SSSR count). The maximum absolute atomic E-state index is 12.1. The zero-order chi connectivity index (χ0) is 18.4. The molecule has 0 bridgehead atoms. The number of benzene rings is 2. The van der Waals surface area contributed by atoms with Gasteiger partial charge in [-0.15, -0.1) is 0 Å². The Balaban J connectivity index is 1.43. The van der Waals surface area contributed by atoms with Crippen molar-refractivity contribution in [1.82, 2.24) is 5.32 Å². The van der Waals surface area contributed by atoms with Gasteiger partial charge < -0.3 is 24.6 Å². The summed E-state index contributed by atoms with van der Waals surface area (Å²) >= 11 is 1.73. The van der Waals surface area contributed by atoms with Crippen LogP contribution in [-0.4, -0.2) is 43.3 Å². The first-order chi connectivity index (χ1) is 12.7. The first kappa shape index (κ1) is 18.4. The van der Waals surface area contributed by atoms with E-state index in [-0.39, 0.29) is 25.9 Å². The topological polar surface area (TPSA) is 77.0 Å². The van der Waals surface area contributed by atoms with Crippen LogP contribution in [0.3, 0.4) is 0 Å². The summed E-state index contributed by atoms with van der Waals surface area (Å²) in [6, 6.07) is 12.7. The van der Waals surface area contributed by atoms with Gasteiger partial charge in [0.2, 0.25) is 6.79 Å². The Morgan fingerprint density at radius 1 is 1.23 bits per heavy atom. The number of amides is 1. The lowest BCUT2D eigenvalue weighted by Crippen LogP contribution is -2.35. The molecule has 26 heavy (non-hydrogen) atoms. The second-order valence-electron chi connectivity index (χ2n) is 5.82. The molecule has 0 aliphatic carbocycles. The molecule has 0 aromatic heterocycles. The number of fused-ring (bicyclic) bond motifs is 1. The highest BCUT2D eigenvalue weighted by atomic mass is 32.2. The number of nitrogens with one attached hydrogen (secondary N) is 1. The molecule has 6 nitrogen and oxygen atoms in total. The maximum Gasteiger partial charge on any atom is 0.251 e. The molecule has 7 heteroatoms. The molecule has 1 unspecified atom stereocenters. The molecule has 1 aliphatic rings. The predicted molar refractivity (Wildman–Crippen MR) is 100 cm³/mol. The Labute approximate surface area is 156 Å². The Bertz CT molecular complexity index is 750. The number of thioether (sulfide) groups is 1. The van der Waals surface area contributed by atoms with E-state index in [9.17, 15) is 9.90 Å². The van der Waals surface area contributed by atoms with Crippen LogP contribution in [0.15, 0.2) is 42.5 Å². The van der Waals surface area contributed by atoms with E-state index < -0.39 is 6.10 Å². The summed E-state index contributed by atoms with van der Waals surface area (Å²) in [5.74, 6) is 2.56. The summed E-state index contributed by atoms with van der Waals surface area (Å²) in [5.41, 5.74) is 1.74. The van der Waals surface area contributed by atoms with Crippen LogP contribution in [0.1, 0.15) is 15.9 Å². The van der Waals surface area contributed by atoms with Gasteiger partial charge in [0.25, 0.3) is 5.91 Å². The molecule has 1 atom stereocenters. The molecule has 138 valence electrons. The average molecular weight is 375 g/mol. The Kier molecular flexibility index (Phi) is 6.25. The van der Waals surface area contributed by atoms with E-state index in [4.69, 9.17) is 14.2 Å². The number of rotatable bonds is 8. The number of carbonyl (C=O) groups is 1. The summed E-state index contributed by atoms with van der Waals surface area (Å²) in [4.78, 5) is 12.1. The second kappa shape index (κ2) is 8.82. The van der Waals surface area contributed by atoms with Crippen molar-refractivity contribution < 1.29 is 24.1 Å². The molecule has 2 N–H and O–H groups in total. The van der Waals surface area contributed by atoms with E-state index in [1.54, 1.807) is 42.1 Å². The van der Waals surface area contributed by atoms with Gasteiger partial charge in [0, 0.05) is 23.9 Å². The fourth-order valence-electron chi connectivity index (χ4n) is 2.45. The lowest BCUT2D eigenvalue weighted by atomic mass is 10.1. The zero-order valence-electron chi connectivity index (χ0n) is 14.4. The van der Waals surface area contributed by atoms with Gasteiger partial charge in [-0.25, -0.2) is 0 Å². The second-order valence-corrected chi connectivity index (χ2v) is 6.69. The zero-order valence-corrected chi connectivity index (χ0v) is 15.3. The average Bonchev–Trinajstić information content (AvgIpc) is 3.13. The summed E-state index contributed by atoms with van der Waals surface area (Å²) in [6.07, 6.45) is 1.22. The molecule has 0 saturated heterocycles. The van der Waals surface area contributed by atoms with Crippen molar-refractivity contribution in [3.8, 4) is 17.2 Å². The first-order valence-electron chi connectivity index (χ1n) is 8.22. The van der Waals surface area contributed by atoms with Crippen LogP contribution in [-0.2, 0) is 5.75 Å². The molecule has 0 fully saturated rings.